The van der Waals surface area contributed by atoms with Crippen LogP contribution in [0.1, 0.15) is 32.3 Å². The van der Waals surface area contributed by atoms with Crippen LogP contribution in [0.15, 0.2) is 18.3 Å². The number of hydrogen-bond acceptors (Lipinski definition) is 4. The Hall–Kier alpha value is -1.62. The monoisotopic (exact) mass is 292 g/mol. The first kappa shape index (κ1) is 15.8. The zero-order chi connectivity index (χ0) is 15.2. The number of amides is 1. The number of ether oxygens (including phenoxy) is 2. The van der Waals surface area contributed by atoms with Crippen LogP contribution < -0.4 is 10.1 Å². The number of rotatable bonds is 5. The van der Waals surface area contributed by atoms with Gasteiger partial charge in [-0.15, -0.1) is 0 Å². The first-order chi connectivity index (χ1) is 10.1. The number of nitrogens with one attached hydrogen (secondary N) is 1. The molecule has 0 aliphatic carbocycles. The zero-order valence-corrected chi connectivity index (χ0v) is 13.0. The second-order valence-electron chi connectivity index (χ2n) is 5.72. The van der Waals surface area contributed by atoms with Crippen LogP contribution in [-0.4, -0.2) is 30.7 Å². The minimum Gasteiger partial charge on any atom is -0.481 e. The van der Waals surface area contributed by atoms with E-state index in [2.05, 4.69) is 24.1 Å². The predicted molar refractivity (Wildman–Crippen MR) is 79.9 cm³/mol. The van der Waals surface area contributed by atoms with Crippen LogP contribution >= 0.6 is 0 Å². The van der Waals surface area contributed by atoms with Crippen molar-refractivity contribution in [1.29, 1.82) is 0 Å². The van der Waals surface area contributed by atoms with Crippen molar-refractivity contribution in [2.75, 3.05) is 13.7 Å². The van der Waals surface area contributed by atoms with Gasteiger partial charge in [-0.05, 0) is 24.8 Å². The number of carbonyl (C=O) groups excluding carboxylic acids is 1. The molecule has 0 spiro atoms. The van der Waals surface area contributed by atoms with Crippen LogP contribution in [0.2, 0.25) is 0 Å². The van der Waals surface area contributed by atoms with Crippen molar-refractivity contribution in [3.05, 3.63) is 23.9 Å². The molecule has 5 nitrogen and oxygen atoms in total. The number of aromatic nitrogens is 1. The third-order valence-electron chi connectivity index (χ3n) is 3.86. The summed E-state index contributed by atoms with van der Waals surface area (Å²) in [5, 5.41) is 2.99. The van der Waals surface area contributed by atoms with E-state index < -0.39 is 0 Å². The van der Waals surface area contributed by atoms with Gasteiger partial charge in [-0.3, -0.25) is 4.79 Å². The molecule has 1 aliphatic rings. The molecule has 2 atom stereocenters. The van der Waals surface area contributed by atoms with Crippen LogP contribution in [-0.2, 0) is 16.1 Å². The second kappa shape index (κ2) is 7.41. The number of nitrogens with zero attached hydrogens (tertiary/aromatic N) is 1. The first-order valence-corrected chi connectivity index (χ1v) is 7.50. The third-order valence-corrected chi connectivity index (χ3v) is 3.86. The molecule has 21 heavy (non-hydrogen) atoms. The zero-order valence-electron chi connectivity index (χ0n) is 13.0. The molecule has 5 heteroatoms. The largest absolute Gasteiger partial charge is 0.481 e. The van der Waals surface area contributed by atoms with E-state index in [0.29, 0.717) is 18.3 Å². The molecule has 1 saturated heterocycles. The minimum absolute atomic E-state index is 0.00884. The molecule has 1 aromatic heterocycles. The molecule has 1 aliphatic heterocycles. The Morgan fingerprint density at radius 3 is 3.10 bits per heavy atom. The molecule has 1 amide bonds. The average Bonchev–Trinajstić information content (AvgIpc) is 2.52. The van der Waals surface area contributed by atoms with Gasteiger partial charge in [-0.2, -0.15) is 0 Å². The molecule has 2 rings (SSSR count). The van der Waals surface area contributed by atoms with E-state index in [1.165, 1.54) is 0 Å². The molecular weight excluding hydrogens is 268 g/mol. The predicted octanol–water partition coefficient (Wildman–Crippen LogP) is 2.16. The number of hydrogen-bond donors (Lipinski definition) is 1. The molecule has 0 radical (unpaired) electrons. The van der Waals surface area contributed by atoms with Gasteiger partial charge in [0.05, 0.1) is 19.1 Å². The van der Waals surface area contributed by atoms with Gasteiger partial charge in [0.2, 0.25) is 11.8 Å². The van der Waals surface area contributed by atoms with Crippen LogP contribution in [0.3, 0.4) is 0 Å². The maximum atomic E-state index is 12.4. The fraction of sp³-hybridized carbons (Fsp3) is 0.625. The van der Waals surface area contributed by atoms with Gasteiger partial charge in [0.15, 0.2) is 0 Å². The molecule has 0 bridgehead atoms. The summed E-state index contributed by atoms with van der Waals surface area (Å²) in [5.74, 6) is 0.882. The lowest BCUT2D eigenvalue weighted by atomic mass is 9.87. The Morgan fingerprint density at radius 2 is 2.38 bits per heavy atom. The van der Waals surface area contributed by atoms with Crippen molar-refractivity contribution < 1.29 is 14.3 Å². The lowest BCUT2D eigenvalue weighted by Gasteiger charge is -2.33. The smallest absolute Gasteiger partial charge is 0.226 e. The van der Waals surface area contributed by atoms with Crippen molar-refractivity contribution >= 4 is 5.91 Å². The molecule has 1 N–H and O–H groups in total. The van der Waals surface area contributed by atoms with Gasteiger partial charge < -0.3 is 14.8 Å². The highest BCUT2D eigenvalue weighted by Gasteiger charge is 2.33. The van der Waals surface area contributed by atoms with E-state index in [1.807, 2.05) is 12.1 Å². The molecule has 2 heterocycles. The molecule has 0 saturated carbocycles. The van der Waals surface area contributed by atoms with E-state index in [-0.39, 0.29) is 17.9 Å². The maximum absolute atomic E-state index is 12.4. The van der Waals surface area contributed by atoms with E-state index >= 15 is 0 Å². The molecule has 0 aromatic carbocycles. The van der Waals surface area contributed by atoms with Crippen LogP contribution in [0.5, 0.6) is 5.88 Å². The Bertz CT molecular complexity index is 476. The quantitative estimate of drug-likeness (QED) is 0.903. The van der Waals surface area contributed by atoms with E-state index in [1.54, 1.807) is 13.3 Å². The normalized spacial score (nSPS) is 22.1. The summed E-state index contributed by atoms with van der Waals surface area (Å²) in [6.45, 7) is 5.38. The average molecular weight is 292 g/mol. The van der Waals surface area contributed by atoms with Crippen molar-refractivity contribution in [3.63, 3.8) is 0 Å². The lowest BCUT2D eigenvalue weighted by Crippen LogP contribution is -2.43. The molecular formula is C16H24N2O3. The summed E-state index contributed by atoms with van der Waals surface area (Å²) >= 11 is 0. The van der Waals surface area contributed by atoms with Gasteiger partial charge in [-0.25, -0.2) is 4.98 Å². The molecule has 116 valence electrons. The highest BCUT2D eigenvalue weighted by atomic mass is 16.5. The van der Waals surface area contributed by atoms with Gasteiger partial charge in [-0.1, -0.05) is 19.9 Å². The van der Waals surface area contributed by atoms with Crippen molar-refractivity contribution in [2.24, 2.45) is 11.8 Å². The van der Waals surface area contributed by atoms with E-state index in [9.17, 15) is 4.79 Å². The van der Waals surface area contributed by atoms with Gasteiger partial charge in [0.25, 0.3) is 0 Å². The lowest BCUT2D eigenvalue weighted by molar-refractivity contribution is -0.137. The van der Waals surface area contributed by atoms with E-state index in [0.717, 1.165) is 25.0 Å². The molecule has 1 aromatic rings. The SMILES string of the molecule is COc1ncccc1CNC(=O)[C@@H]1CCCO[C@H]1C(C)C. The number of carbonyl (C=O) groups is 1. The Morgan fingerprint density at radius 1 is 1.57 bits per heavy atom. The van der Waals surface area contributed by atoms with Crippen molar-refractivity contribution in [1.82, 2.24) is 10.3 Å². The Balaban J connectivity index is 1.97. The van der Waals surface area contributed by atoms with Crippen LogP contribution in [0.4, 0.5) is 0 Å². The van der Waals surface area contributed by atoms with Gasteiger partial charge in [0, 0.05) is 24.9 Å². The summed E-state index contributed by atoms with van der Waals surface area (Å²) in [7, 11) is 1.58. The first-order valence-electron chi connectivity index (χ1n) is 7.50. The topological polar surface area (TPSA) is 60.5 Å². The summed E-state index contributed by atoms with van der Waals surface area (Å²) in [6.07, 6.45) is 3.51. The summed E-state index contributed by atoms with van der Waals surface area (Å²) in [6, 6.07) is 3.74. The van der Waals surface area contributed by atoms with Gasteiger partial charge >= 0.3 is 0 Å². The summed E-state index contributed by atoms with van der Waals surface area (Å²) in [4.78, 5) is 16.6. The standard InChI is InChI=1S/C16H24N2O3/c1-11(2)14-13(7-5-9-21-14)15(19)18-10-12-6-4-8-17-16(12)20-3/h4,6,8,11,13-14H,5,7,9-10H2,1-3H3,(H,18,19)/t13-,14+/m1/s1. The van der Waals surface area contributed by atoms with Crippen LogP contribution in [0.25, 0.3) is 0 Å². The Labute approximate surface area is 126 Å². The fourth-order valence-corrected chi connectivity index (χ4v) is 2.80. The highest BCUT2D eigenvalue weighted by Crippen LogP contribution is 2.26. The molecule has 1 fully saturated rings. The third kappa shape index (κ3) is 3.94. The number of methoxy groups -OCH3 is 1. The van der Waals surface area contributed by atoms with Crippen LogP contribution in [0, 0.1) is 11.8 Å². The maximum Gasteiger partial charge on any atom is 0.226 e. The van der Waals surface area contributed by atoms with Crippen molar-refractivity contribution in [2.45, 2.75) is 39.3 Å². The Kier molecular flexibility index (Phi) is 5.56. The molecule has 0 unspecified atom stereocenters. The van der Waals surface area contributed by atoms with E-state index in [4.69, 9.17) is 9.47 Å². The number of pyridine rings is 1. The minimum atomic E-state index is -0.0681. The summed E-state index contributed by atoms with van der Waals surface area (Å²) < 4.78 is 11.0. The second-order valence-corrected chi connectivity index (χ2v) is 5.72. The summed E-state index contributed by atoms with van der Waals surface area (Å²) in [5.41, 5.74) is 0.881. The fourth-order valence-electron chi connectivity index (χ4n) is 2.80. The van der Waals surface area contributed by atoms with Gasteiger partial charge in [0.1, 0.15) is 0 Å². The highest BCUT2D eigenvalue weighted by molar-refractivity contribution is 5.79. The van der Waals surface area contributed by atoms with Crippen molar-refractivity contribution in [3.8, 4) is 5.88 Å².